The van der Waals surface area contributed by atoms with Gasteiger partial charge < -0.3 is 9.47 Å². The smallest absolute Gasteiger partial charge is 0.308 e. The Morgan fingerprint density at radius 2 is 1.22 bits per heavy atom. The fourth-order valence-corrected chi connectivity index (χ4v) is 2.01. The summed E-state index contributed by atoms with van der Waals surface area (Å²) in [7, 11) is 1.66. The van der Waals surface area contributed by atoms with Crippen molar-refractivity contribution in [1.29, 1.82) is 0 Å². The van der Waals surface area contributed by atoms with Gasteiger partial charge in [0, 0.05) is 6.92 Å². The van der Waals surface area contributed by atoms with Crippen LogP contribution in [-0.4, -0.2) is 13.1 Å². The molecule has 0 unspecified atom stereocenters. The van der Waals surface area contributed by atoms with Gasteiger partial charge in [0.1, 0.15) is 11.5 Å². The van der Waals surface area contributed by atoms with E-state index in [9.17, 15) is 4.79 Å². The van der Waals surface area contributed by atoms with Crippen molar-refractivity contribution >= 4 is 5.97 Å². The van der Waals surface area contributed by atoms with Gasteiger partial charge in [-0.3, -0.25) is 4.79 Å². The lowest BCUT2D eigenvalue weighted by Gasteiger charge is -2.05. The minimum atomic E-state index is -0.303. The SMILES string of the molecule is CC#CC#CC#CC.COc1ccc(Cc2ccc(OC(C)=O)cc2)cc1. The van der Waals surface area contributed by atoms with Crippen molar-refractivity contribution in [2.75, 3.05) is 7.11 Å². The van der Waals surface area contributed by atoms with E-state index in [0.717, 1.165) is 12.2 Å². The molecule has 2 aromatic carbocycles. The van der Waals surface area contributed by atoms with Gasteiger partial charge in [-0.05, 0) is 79.3 Å². The van der Waals surface area contributed by atoms with E-state index < -0.39 is 0 Å². The highest BCUT2D eigenvalue weighted by molar-refractivity contribution is 5.69. The lowest BCUT2D eigenvalue weighted by Crippen LogP contribution is -2.01. The van der Waals surface area contributed by atoms with Crippen LogP contribution in [0.25, 0.3) is 0 Å². The second-order valence-electron chi connectivity index (χ2n) is 5.26. The van der Waals surface area contributed by atoms with Gasteiger partial charge in [-0.1, -0.05) is 36.1 Å². The zero-order valence-corrected chi connectivity index (χ0v) is 16.1. The van der Waals surface area contributed by atoms with Crippen LogP contribution in [0.4, 0.5) is 0 Å². The van der Waals surface area contributed by atoms with E-state index >= 15 is 0 Å². The van der Waals surface area contributed by atoms with Crippen LogP contribution in [0.3, 0.4) is 0 Å². The van der Waals surface area contributed by atoms with E-state index in [1.807, 2.05) is 36.4 Å². The van der Waals surface area contributed by atoms with Gasteiger partial charge in [0.25, 0.3) is 0 Å². The first-order valence-electron chi connectivity index (χ1n) is 8.32. The largest absolute Gasteiger partial charge is 0.497 e. The summed E-state index contributed by atoms with van der Waals surface area (Å²) in [4.78, 5) is 10.8. The minimum absolute atomic E-state index is 0.303. The van der Waals surface area contributed by atoms with Crippen LogP contribution in [0, 0.1) is 35.5 Å². The predicted molar refractivity (Wildman–Crippen MR) is 108 cm³/mol. The Morgan fingerprint density at radius 1 is 0.778 bits per heavy atom. The van der Waals surface area contributed by atoms with Gasteiger partial charge in [0.05, 0.1) is 7.11 Å². The second kappa shape index (κ2) is 12.7. The Morgan fingerprint density at radius 3 is 1.59 bits per heavy atom. The summed E-state index contributed by atoms with van der Waals surface area (Å²) >= 11 is 0. The van der Waals surface area contributed by atoms with Crippen molar-refractivity contribution < 1.29 is 14.3 Å². The van der Waals surface area contributed by atoms with Crippen molar-refractivity contribution in [3.05, 3.63) is 59.7 Å². The highest BCUT2D eigenvalue weighted by Crippen LogP contribution is 2.17. The quantitative estimate of drug-likeness (QED) is 0.466. The van der Waals surface area contributed by atoms with E-state index in [4.69, 9.17) is 9.47 Å². The molecule has 2 rings (SSSR count). The van der Waals surface area contributed by atoms with Gasteiger partial charge in [0.15, 0.2) is 0 Å². The molecule has 0 saturated carbocycles. The highest BCUT2D eigenvalue weighted by Gasteiger charge is 2.00. The normalized spacial score (nSPS) is 8.15. The maximum atomic E-state index is 10.8. The molecule has 0 N–H and O–H groups in total. The molecule has 0 spiro atoms. The number of carbonyl (C=O) groups excluding carboxylic acids is 1. The summed E-state index contributed by atoms with van der Waals surface area (Å²) in [5.74, 6) is 16.6. The van der Waals surface area contributed by atoms with Crippen LogP contribution in [0.5, 0.6) is 11.5 Å². The molecule has 0 radical (unpaired) electrons. The number of carbonyl (C=O) groups is 1. The van der Waals surface area contributed by atoms with Crippen LogP contribution < -0.4 is 9.47 Å². The zero-order chi connectivity index (χ0) is 19.9. The van der Waals surface area contributed by atoms with Crippen molar-refractivity contribution in [3.63, 3.8) is 0 Å². The van der Waals surface area contributed by atoms with E-state index in [2.05, 4.69) is 35.5 Å². The van der Waals surface area contributed by atoms with E-state index in [-0.39, 0.29) is 5.97 Å². The number of hydrogen-bond acceptors (Lipinski definition) is 3. The first-order valence-corrected chi connectivity index (χ1v) is 8.32. The minimum Gasteiger partial charge on any atom is -0.497 e. The lowest BCUT2D eigenvalue weighted by atomic mass is 10.0. The molecule has 0 aliphatic carbocycles. The predicted octanol–water partition coefficient (Wildman–Crippen LogP) is 4.25. The standard InChI is InChI=1S/C16H16O3.C8H6/c1-12(17)19-16-9-5-14(6-10-16)11-13-3-7-15(18-2)8-4-13;1-3-5-7-8-6-4-2/h3-10H,11H2,1-2H3;1-2H3. The summed E-state index contributed by atoms with van der Waals surface area (Å²) in [6, 6.07) is 15.5. The van der Waals surface area contributed by atoms with Crippen LogP contribution in [-0.2, 0) is 11.2 Å². The van der Waals surface area contributed by atoms with Gasteiger partial charge >= 0.3 is 5.97 Å². The molecule has 0 heterocycles. The summed E-state index contributed by atoms with van der Waals surface area (Å²) < 4.78 is 10.1. The molecule has 0 aliphatic rings. The summed E-state index contributed by atoms with van der Waals surface area (Å²) in [5, 5.41) is 0. The van der Waals surface area contributed by atoms with Crippen molar-refractivity contribution in [2.24, 2.45) is 0 Å². The molecule has 3 heteroatoms. The number of benzene rings is 2. The Hall–Kier alpha value is -3.61. The molecule has 27 heavy (non-hydrogen) atoms. The van der Waals surface area contributed by atoms with Crippen molar-refractivity contribution in [1.82, 2.24) is 0 Å². The molecule has 3 nitrogen and oxygen atoms in total. The third kappa shape index (κ3) is 9.45. The molecule has 0 saturated heterocycles. The fourth-order valence-electron chi connectivity index (χ4n) is 2.01. The van der Waals surface area contributed by atoms with Crippen LogP contribution >= 0.6 is 0 Å². The van der Waals surface area contributed by atoms with E-state index in [1.54, 1.807) is 33.1 Å². The maximum absolute atomic E-state index is 10.8. The first-order chi connectivity index (χ1) is 13.1. The van der Waals surface area contributed by atoms with Gasteiger partial charge in [0.2, 0.25) is 0 Å². The zero-order valence-electron chi connectivity index (χ0n) is 16.1. The van der Waals surface area contributed by atoms with Crippen LogP contribution in [0.1, 0.15) is 31.9 Å². The molecule has 0 atom stereocenters. The molecule has 2 aromatic rings. The van der Waals surface area contributed by atoms with Gasteiger partial charge in [-0.15, -0.1) is 0 Å². The number of methoxy groups -OCH3 is 1. The van der Waals surface area contributed by atoms with Gasteiger partial charge in [-0.25, -0.2) is 0 Å². The molecular formula is C24H22O3. The monoisotopic (exact) mass is 358 g/mol. The Kier molecular flexibility index (Phi) is 10.1. The van der Waals surface area contributed by atoms with E-state index in [1.165, 1.54) is 18.1 Å². The van der Waals surface area contributed by atoms with Crippen molar-refractivity contribution in [3.8, 4) is 47.0 Å². The Balaban J connectivity index is 0.000000387. The molecule has 0 aromatic heterocycles. The van der Waals surface area contributed by atoms with Crippen LogP contribution in [0.2, 0.25) is 0 Å². The highest BCUT2D eigenvalue weighted by atomic mass is 16.5. The number of hydrogen-bond donors (Lipinski definition) is 0. The summed E-state index contributed by atoms with van der Waals surface area (Å²) in [5.41, 5.74) is 2.38. The third-order valence-electron chi connectivity index (χ3n) is 3.19. The number of rotatable bonds is 4. The third-order valence-corrected chi connectivity index (χ3v) is 3.19. The molecule has 0 amide bonds. The van der Waals surface area contributed by atoms with Gasteiger partial charge in [-0.2, -0.15) is 0 Å². The fraction of sp³-hybridized carbons (Fsp3) is 0.208. The molecule has 0 bridgehead atoms. The molecule has 0 aliphatic heterocycles. The average Bonchev–Trinajstić information content (AvgIpc) is 2.68. The van der Waals surface area contributed by atoms with E-state index in [0.29, 0.717) is 5.75 Å². The average molecular weight is 358 g/mol. The second-order valence-corrected chi connectivity index (χ2v) is 5.26. The maximum Gasteiger partial charge on any atom is 0.308 e. The number of ether oxygens (including phenoxy) is 2. The topological polar surface area (TPSA) is 35.5 Å². The Bertz CT molecular complexity index is 880. The Labute approximate surface area is 161 Å². The van der Waals surface area contributed by atoms with Crippen LogP contribution in [0.15, 0.2) is 48.5 Å². The lowest BCUT2D eigenvalue weighted by molar-refractivity contribution is -0.131. The van der Waals surface area contributed by atoms with Crippen molar-refractivity contribution in [2.45, 2.75) is 27.2 Å². The summed E-state index contributed by atoms with van der Waals surface area (Å²) in [6.07, 6.45) is 0.838. The number of esters is 1. The summed E-state index contributed by atoms with van der Waals surface area (Å²) in [6.45, 7) is 4.88. The molecular weight excluding hydrogens is 336 g/mol. The molecule has 136 valence electrons. The molecule has 0 fully saturated rings. The first kappa shape index (κ1) is 21.4.